The first kappa shape index (κ1) is 47.2. The minimum absolute atomic E-state index is 0.113. The summed E-state index contributed by atoms with van der Waals surface area (Å²) in [5.74, 6) is -5.63. The number of amides is 1. The summed E-state index contributed by atoms with van der Waals surface area (Å²) < 4.78 is 46.7. The molecule has 0 bridgehead atoms. The summed E-state index contributed by atoms with van der Waals surface area (Å²) in [6.07, 6.45) is 2.24. The first-order valence-corrected chi connectivity index (χ1v) is 21.4. The molecule has 16 heteroatoms. The van der Waals surface area contributed by atoms with Gasteiger partial charge >= 0.3 is 12.1 Å². The SMILES string of the molecule is CC[C@H]1OC(=O)[C@H](C)C(=O)[C@H](C)[C@@H](OC2O[C@H](C)C[C@H](N(C)C)[C@H]2O)[C@@](C)(OC)C[C@@H](C)C(=O)[C@H](C)[C@H]2N(CCCCn3cnc(-c4ccc(F)nc4)c3)C(=O)O[C@]12CC. The number of likely N-dealkylation sites (N-methyl/N-ethyl adjacent to an activating group) is 1. The lowest BCUT2D eigenvalue weighted by Crippen LogP contribution is -2.61. The van der Waals surface area contributed by atoms with Gasteiger partial charge in [-0.25, -0.2) is 14.8 Å². The molecule has 3 aliphatic rings. The van der Waals surface area contributed by atoms with Crippen LogP contribution in [0.25, 0.3) is 11.3 Å². The van der Waals surface area contributed by atoms with Crippen molar-refractivity contribution in [1.29, 1.82) is 0 Å². The third kappa shape index (κ3) is 9.62. The molecular formula is C44H66FN5O10. The predicted octanol–water partition coefficient (Wildman–Crippen LogP) is 5.46. The van der Waals surface area contributed by atoms with Gasteiger partial charge < -0.3 is 43.2 Å². The van der Waals surface area contributed by atoms with Gasteiger partial charge in [-0.05, 0) is 85.5 Å². The van der Waals surface area contributed by atoms with E-state index in [4.69, 9.17) is 23.7 Å². The second kappa shape index (κ2) is 19.5. The van der Waals surface area contributed by atoms with Crippen LogP contribution in [0.5, 0.6) is 0 Å². The monoisotopic (exact) mass is 843 g/mol. The van der Waals surface area contributed by atoms with Gasteiger partial charge in [-0.2, -0.15) is 4.39 Å². The Kier molecular flexibility index (Phi) is 15.3. The smallest absolute Gasteiger partial charge is 0.410 e. The normalized spacial score (nSPS) is 35.9. The fraction of sp³-hybridized carbons (Fsp3) is 0.727. The topological polar surface area (TPSA) is 172 Å². The molecule has 60 heavy (non-hydrogen) atoms. The van der Waals surface area contributed by atoms with Crippen molar-refractivity contribution in [3.8, 4) is 11.3 Å². The number of rotatable bonds is 12. The quantitative estimate of drug-likeness (QED) is 0.124. The number of Topliss-reactive ketones (excluding diaryl/α,β-unsaturated/α-hetero) is 2. The summed E-state index contributed by atoms with van der Waals surface area (Å²) in [4.78, 5) is 68.9. The summed E-state index contributed by atoms with van der Waals surface area (Å²) in [7, 11) is 5.22. The molecule has 0 aromatic carbocycles. The average Bonchev–Trinajstić information content (AvgIpc) is 3.81. The zero-order valence-electron chi connectivity index (χ0n) is 37.1. The fourth-order valence-electron chi connectivity index (χ4n) is 9.73. The Hall–Kier alpha value is -3.83. The van der Waals surface area contributed by atoms with E-state index in [0.717, 1.165) is 0 Å². The number of aromatic nitrogens is 3. The molecule has 0 radical (unpaired) electrons. The Bertz CT molecular complexity index is 1810. The lowest BCUT2D eigenvalue weighted by molar-refractivity contribution is -0.295. The Morgan fingerprint density at radius 2 is 1.70 bits per heavy atom. The van der Waals surface area contributed by atoms with Gasteiger partial charge in [0.05, 0.1) is 35.9 Å². The number of cyclic esters (lactones) is 1. The van der Waals surface area contributed by atoms with Gasteiger partial charge in [0.25, 0.3) is 0 Å². The van der Waals surface area contributed by atoms with E-state index in [-0.39, 0.29) is 43.7 Å². The number of pyridine rings is 1. The van der Waals surface area contributed by atoms with Crippen molar-refractivity contribution < 1.29 is 52.4 Å². The number of halogens is 1. The van der Waals surface area contributed by atoms with Gasteiger partial charge in [-0.15, -0.1) is 0 Å². The van der Waals surface area contributed by atoms with Crippen molar-refractivity contribution in [2.24, 2.45) is 23.7 Å². The van der Waals surface area contributed by atoms with E-state index >= 15 is 0 Å². The van der Waals surface area contributed by atoms with Crippen molar-refractivity contribution in [3.05, 3.63) is 36.8 Å². The number of aliphatic hydroxyl groups is 1. The number of imidazole rings is 1. The van der Waals surface area contributed by atoms with Gasteiger partial charge in [0.2, 0.25) is 5.95 Å². The van der Waals surface area contributed by atoms with E-state index in [1.807, 2.05) is 50.5 Å². The average molecular weight is 844 g/mol. The molecule has 5 rings (SSSR count). The van der Waals surface area contributed by atoms with Gasteiger partial charge in [0.1, 0.15) is 23.9 Å². The van der Waals surface area contributed by atoms with Crippen LogP contribution < -0.4 is 0 Å². The van der Waals surface area contributed by atoms with Crippen LogP contribution in [-0.4, -0.2) is 135 Å². The number of carbonyl (C=O) groups excluding carboxylic acids is 4. The second-order valence-corrected chi connectivity index (χ2v) is 17.6. The predicted molar refractivity (Wildman–Crippen MR) is 219 cm³/mol. The summed E-state index contributed by atoms with van der Waals surface area (Å²) >= 11 is 0. The molecule has 3 aliphatic heterocycles. The van der Waals surface area contributed by atoms with Crippen molar-refractivity contribution >= 4 is 23.6 Å². The van der Waals surface area contributed by atoms with E-state index < -0.39 is 89.3 Å². The van der Waals surface area contributed by atoms with Crippen LogP contribution in [0.3, 0.4) is 0 Å². The van der Waals surface area contributed by atoms with Crippen LogP contribution in [0.4, 0.5) is 9.18 Å². The number of aryl methyl sites for hydroxylation is 1. The van der Waals surface area contributed by atoms with E-state index in [2.05, 4.69) is 9.97 Å². The molecule has 3 saturated heterocycles. The van der Waals surface area contributed by atoms with Crippen LogP contribution in [0, 0.1) is 29.6 Å². The molecule has 5 heterocycles. The van der Waals surface area contributed by atoms with Gasteiger partial charge in [0.15, 0.2) is 17.7 Å². The molecule has 1 unspecified atom stereocenters. The zero-order chi connectivity index (χ0) is 44.3. The number of nitrogens with zero attached hydrogens (tertiary/aromatic N) is 5. The maximum Gasteiger partial charge on any atom is 0.410 e. The lowest BCUT2D eigenvalue weighted by atomic mass is 9.72. The molecule has 2 aromatic heterocycles. The molecule has 1 N–H and O–H groups in total. The summed E-state index contributed by atoms with van der Waals surface area (Å²) in [5.41, 5.74) is -1.34. The molecular weight excluding hydrogens is 778 g/mol. The minimum Gasteiger partial charge on any atom is -0.457 e. The Labute approximate surface area is 353 Å². The van der Waals surface area contributed by atoms with E-state index in [9.17, 15) is 28.7 Å². The number of aliphatic hydroxyl groups excluding tert-OH is 1. The number of carbonyl (C=O) groups is 4. The Balaban J connectivity index is 1.45. The largest absolute Gasteiger partial charge is 0.457 e. The number of ketones is 2. The van der Waals surface area contributed by atoms with Gasteiger partial charge in [-0.1, -0.05) is 34.6 Å². The highest BCUT2D eigenvalue weighted by Gasteiger charge is 2.62. The second-order valence-electron chi connectivity index (χ2n) is 17.6. The van der Waals surface area contributed by atoms with Crippen molar-refractivity contribution in [2.45, 2.75) is 154 Å². The number of hydrogen-bond donors (Lipinski definition) is 1. The maximum absolute atomic E-state index is 14.8. The molecule has 3 fully saturated rings. The van der Waals surface area contributed by atoms with Crippen molar-refractivity contribution in [1.82, 2.24) is 24.3 Å². The molecule has 0 spiro atoms. The highest BCUT2D eigenvalue weighted by Crippen LogP contribution is 2.45. The number of fused-ring (bicyclic) bond motifs is 1. The summed E-state index contributed by atoms with van der Waals surface area (Å²) in [5, 5.41) is 11.5. The van der Waals surface area contributed by atoms with Crippen LogP contribution in [0.15, 0.2) is 30.9 Å². The van der Waals surface area contributed by atoms with E-state index in [1.165, 1.54) is 26.3 Å². The third-order valence-electron chi connectivity index (χ3n) is 13.2. The highest BCUT2D eigenvalue weighted by atomic mass is 19.1. The van der Waals surface area contributed by atoms with E-state index in [0.29, 0.717) is 37.1 Å². The highest BCUT2D eigenvalue weighted by molar-refractivity contribution is 6.00. The van der Waals surface area contributed by atoms with Crippen LogP contribution in [-0.2, 0) is 44.6 Å². The number of hydrogen-bond acceptors (Lipinski definition) is 13. The molecule has 2 aromatic rings. The minimum atomic E-state index is -1.39. The van der Waals surface area contributed by atoms with Gasteiger partial charge in [-0.3, -0.25) is 14.4 Å². The van der Waals surface area contributed by atoms with Crippen molar-refractivity contribution in [3.63, 3.8) is 0 Å². The standard InChI is InChI=1S/C44H66FN5O10/c1-12-33-44(13-2)38(50(42(55)60-44)19-15-14-18-49-23-31(47-24-49)30-16-17-34(45)46-22-30)27(5)35(51)25(3)21-43(8,56-11)39(28(6)36(52)29(7)40(54)58-33)59-41-37(53)32(48(9)10)20-26(4)57-41/h16-17,22-29,32-33,37-39,41,53H,12-15,18-21H2,1-11H3/t25-,26-,27+,28+,29-,32+,33-,37-,38-,39-,41?,43+,44-/m1/s1. The third-order valence-corrected chi connectivity index (χ3v) is 13.2. The Morgan fingerprint density at radius 3 is 2.32 bits per heavy atom. The molecule has 13 atom stereocenters. The zero-order valence-corrected chi connectivity index (χ0v) is 37.1. The lowest BCUT2D eigenvalue weighted by Gasteiger charge is -2.47. The molecule has 334 valence electrons. The van der Waals surface area contributed by atoms with Crippen LogP contribution in [0.1, 0.15) is 93.9 Å². The molecule has 0 saturated carbocycles. The number of unbranched alkanes of at least 4 members (excludes halogenated alkanes) is 1. The molecule has 0 aliphatic carbocycles. The first-order valence-electron chi connectivity index (χ1n) is 21.4. The van der Waals surface area contributed by atoms with Crippen molar-refractivity contribution in [2.75, 3.05) is 27.7 Å². The Morgan fingerprint density at radius 1 is 1.00 bits per heavy atom. The van der Waals surface area contributed by atoms with E-state index in [1.54, 1.807) is 45.0 Å². The molecule has 1 amide bonds. The summed E-state index contributed by atoms with van der Waals surface area (Å²) in [6, 6.07) is 1.80. The van der Waals surface area contributed by atoms with Crippen LogP contribution >= 0.6 is 0 Å². The fourth-order valence-corrected chi connectivity index (χ4v) is 9.73. The molecule has 15 nitrogen and oxygen atoms in total. The number of esters is 1. The first-order chi connectivity index (χ1) is 28.3. The number of ether oxygens (including phenoxy) is 5. The van der Waals surface area contributed by atoms with Crippen LogP contribution in [0.2, 0.25) is 0 Å². The van der Waals surface area contributed by atoms with Gasteiger partial charge in [0, 0.05) is 62.0 Å². The number of methoxy groups -OCH3 is 1. The summed E-state index contributed by atoms with van der Waals surface area (Å²) in [6.45, 7) is 14.9. The maximum atomic E-state index is 14.8.